The molecule has 3 aromatic rings. The number of anilines is 1. The van der Waals surface area contributed by atoms with Gasteiger partial charge in [-0.05, 0) is 48.7 Å². The molecular formula is C17H16ClN3. The Morgan fingerprint density at radius 2 is 2.00 bits per heavy atom. The molecule has 0 amide bonds. The number of aromatic nitrogens is 2. The monoisotopic (exact) mass is 297 g/mol. The number of benzene rings is 2. The van der Waals surface area contributed by atoms with Crippen molar-refractivity contribution >= 4 is 28.3 Å². The molecule has 1 unspecified atom stereocenters. The molecule has 3 nitrogen and oxygen atoms in total. The molecule has 1 aliphatic heterocycles. The second-order valence-corrected chi connectivity index (χ2v) is 5.94. The van der Waals surface area contributed by atoms with Gasteiger partial charge in [-0.2, -0.15) is 0 Å². The van der Waals surface area contributed by atoms with Crippen LogP contribution in [-0.4, -0.2) is 16.5 Å². The highest BCUT2D eigenvalue weighted by Crippen LogP contribution is 2.37. The fourth-order valence-electron chi connectivity index (χ4n) is 3.21. The van der Waals surface area contributed by atoms with Gasteiger partial charge in [0.2, 0.25) is 0 Å². The average Bonchev–Trinajstić information content (AvgIpc) is 3.16. The molecule has 1 atom stereocenters. The van der Waals surface area contributed by atoms with E-state index in [2.05, 4.69) is 45.2 Å². The van der Waals surface area contributed by atoms with Crippen LogP contribution in [0.4, 0.5) is 5.69 Å². The lowest BCUT2D eigenvalue weighted by Crippen LogP contribution is -2.22. The van der Waals surface area contributed by atoms with E-state index >= 15 is 0 Å². The van der Waals surface area contributed by atoms with Crippen LogP contribution in [-0.2, 0) is 0 Å². The molecule has 106 valence electrons. The van der Waals surface area contributed by atoms with Gasteiger partial charge >= 0.3 is 0 Å². The van der Waals surface area contributed by atoms with Crippen LogP contribution in [0.1, 0.15) is 24.4 Å². The van der Waals surface area contributed by atoms with Crippen LogP contribution in [0.2, 0.25) is 5.02 Å². The summed E-state index contributed by atoms with van der Waals surface area (Å²) in [5.41, 5.74) is 4.70. The Kier molecular flexibility index (Phi) is 3.08. The van der Waals surface area contributed by atoms with Crippen LogP contribution in [0.15, 0.2) is 48.8 Å². The molecule has 1 saturated heterocycles. The van der Waals surface area contributed by atoms with Gasteiger partial charge in [0, 0.05) is 17.3 Å². The summed E-state index contributed by atoms with van der Waals surface area (Å²) in [6.07, 6.45) is 4.14. The number of rotatable bonds is 2. The van der Waals surface area contributed by atoms with E-state index in [-0.39, 0.29) is 0 Å². The number of hydrogen-bond acceptors (Lipinski definition) is 2. The number of H-pyrrole nitrogens is 1. The molecule has 1 aromatic heterocycles. The minimum Gasteiger partial charge on any atom is -0.364 e. The summed E-state index contributed by atoms with van der Waals surface area (Å²) in [6.45, 7) is 1.09. The molecule has 1 fully saturated rings. The van der Waals surface area contributed by atoms with Gasteiger partial charge in [-0.15, -0.1) is 0 Å². The summed E-state index contributed by atoms with van der Waals surface area (Å²) < 4.78 is 0. The molecule has 4 rings (SSSR count). The summed E-state index contributed by atoms with van der Waals surface area (Å²) in [6, 6.07) is 15.1. The van der Waals surface area contributed by atoms with Crippen LogP contribution >= 0.6 is 11.6 Å². The topological polar surface area (TPSA) is 31.9 Å². The predicted molar refractivity (Wildman–Crippen MR) is 86.9 cm³/mol. The highest BCUT2D eigenvalue weighted by Gasteiger charge is 2.26. The first-order chi connectivity index (χ1) is 10.3. The third kappa shape index (κ3) is 2.28. The van der Waals surface area contributed by atoms with Crippen LogP contribution in [0.3, 0.4) is 0 Å². The van der Waals surface area contributed by atoms with Crippen LogP contribution < -0.4 is 4.90 Å². The first kappa shape index (κ1) is 12.7. The van der Waals surface area contributed by atoms with Crippen molar-refractivity contribution in [3.63, 3.8) is 0 Å². The van der Waals surface area contributed by atoms with Gasteiger partial charge in [0.1, 0.15) is 0 Å². The van der Waals surface area contributed by atoms with Crippen molar-refractivity contribution in [1.29, 1.82) is 0 Å². The van der Waals surface area contributed by atoms with Gasteiger partial charge in [0.25, 0.3) is 0 Å². The summed E-state index contributed by atoms with van der Waals surface area (Å²) in [5, 5.41) is 0.794. The minimum atomic E-state index is 0.433. The lowest BCUT2D eigenvalue weighted by Gasteiger charge is -2.27. The first-order valence-electron chi connectivity index (χ1n) is 7.26. The molecule has 0 saturated carbocycles. The Bertz CT molecular complexity index is 763. The van der Waals surface area contributed by atoms with E-state index in [4.69, 9.17) is 11.6 Å². The maximum absolute atomic E-state index is 6.00. The Morgan fingerprint density at radius 3 is 2.86 bits per heavy atom. The van der Waals surface area contributed by atoms with Crippen LogP contribution in [0.5, 0.6) is 0 Å². The maximum Gasteiger partial charge on any atom is 0.0931 e. The van der Waals surface area contributed by atoms with Crippen molar-refractivity contribution in [2.24, 2.45) is 0 Å². The number of aromatic amines is 1. The molecule has 0 bridgehead atoms. The molecule has 0 aliphatic carbocycles. The lowest BCUT2D eigenvalue weighted by atomic mass is 10.0. The standard InChI is InChI=1S/C17H16ClN3/c18-13-5-3-12(4-6-13)17-2-1-9-21(17)14-7-8-15-16(10-14)20-11-19-15/h3-8,10-11,17H,1-2,9H2,(H,19,20). The van der Waals surface area contributed by atoms with Gasteiger partial charge in [0.05, 0.1) is 23.4 Å². The second kappa shape index (κ2) is 5.08. The van der Waals surface area contributed by atoms with Crippen LogP contribution in [0, 0.1) is 0 Å². The van der Waals surface area contributed by atoms with E-state index in [0.29, 0.717) is 6.04 Å². The highest BCUT2D eigenvalue weighted by molar-refractivity contribution is 6.30. The van der Waals surface area contributed by atoms with E-state index in [1.807, 2.05) is 12.1 Å². The van der Waals surface area contributed by atoms with Crippen molar-refractivity contribution in [3.8, 4) is 0 Å². The van der Waals surface area contributed by atoms with Crippen molar-refractivity contribution in [2.45, 2.75) is 18.9 Å². The molecule has 1 aliphatic rings. The highest BCUT2D eigenvalue weighted by atomic mass is 35.5. The summed E-state index contributed by atoms with van der Waals surface area (Å²) in [7, 11) is 0. The number of halogens is 1. The third-order valence-corrected chi connectivity index (χ3v) is 4.50. The summed E-state index contributed by atoms with van der Waals surface area (Å²) in [5.74, 6) is 0. The normalized spacial score (nSPS) is 18.5. The van der Waals surface area contributed by atoms with E-state index < -0.39 is 0 Å². The summed E-state index contributed by atoms with van der Waals surface area (Å²) in [4.78, 5) is 9.95. The predicted octanol–water partition coefficient (Wildman–Crippen LogP) is 4.56. The molecule has 0 radical (unpaired) electrons. The Labute approximate surface area is 128 Å². The molecular weight excluding hydrogens is 282 g/mol. The minimum absolute atomic E-state index is 0.433. The maximum atomic E-state index is 6.00. The van der Waals surface area contributed by atoms with Crippen molar-refractivity contribution in [1.82, 2.24) is 9.97 Å². The van der Waals surface area contributed by atoms with Crippen molar-refractivity contribution in [3.05, 3.63) is 59.4 Å². The number of nitrogens with zero attached hydrogens (tertiary/aromatic N) is 2. The zero-order chi connectivity index (χ0) is 14.2. The van der Waals surface area contributed by atoms with Gasteiger partial charge in [-0.1, -0.05) is 23.7 Å². The van der Waals surface area contributed by atoms with Crippen molar-refractivity contribution in [2.75, 3.05) is 11.4 Å². The first-order valence-corrected chi connectivity index (χ1v) is 7.64. The fraction of sp³-hybridized carbons (Fsp3) is 0.235. The SMILES string of the molecule is Clc1ccc(C2CCCN2c2ccc3nc[nH]c3c2)cc1. The fourth-order valence-corrected chi connectivity index (χ4v) is 3.34. The zero-order valence-corrected chi connectivity index (χ0v) is 12.3. The smallest absolute Gasteiger partial charge is 0.0931 e. The number of fused-ring (bicyclic) bond motifs is 1. The van der Waals surface area contributed by atoms with E-state index in [9.17, 15) is 0 Å². The third-order valence-electron chi connectivity index (χ3n) is 4.24. The average molecular weight is 298 g/mol. The zero-order valence-electron chi connectivity index (χ0n) is 11.6. The molecule has 21 heavy (non-hydrogen) atoms. The number of imidazole rings is 1. The largest absolute Gasteiger partial charge is 0.364 e. The Hall–Kier alpha value is -2.00. The molecule has 2 heterocycles. The van der Waals surface area contributed by atoms with Gasteiger partial charge in [-0.3, -0.25) is 0 Å². The Morgan fingerprint density at radius 1 is 1.14 bits per heavy atom. The van der Waals surface area contributed by atoms with E-state index in [1.165, 1.54) is 24.1 Å². The quantitative estimate of drug-likeness (QED) is 0.752. The van der Waals surface area contributed by atoms with Gasteiger partial charge in [-0.25, -0.2) is 4.98 Å². The van der Waals surface area contributed by atoms with Crippen LogP contribution in [0.25, 0.3) is 11.0 Å². The van der Waals surface area contributed by atoms with E-state index in [0.717, 1.165) is 22.6 Å². The van der Waals surface area contributed by atoms with E-state index in [1.54, 1.807) is 6.33 Å². The molecule has 0 spiro atoms. The molecule has 1 N–H and O–H groups in total. The summed E-state index contributed by atoms with van der Waals surface area (Å²) >= 11 is 6.00. The van der Waals surface area contributed by atoms with Crippen molar-refractivity contribution < 1.29 is 0 Å². The number of hydrogen-bond donors (Lipinski definition) is 1. The lowest BCUT2D eigenvalue weighted by molar-refractivity contribution is 0.719. The number of nitrogens with one attached hydrogen (secondary N) is 1. The molecule has 2 aromatic carbocycles. The second-order valence-electron chi connectivity index (χ2n) is 5.51. The van der Waals surface area contributed by atoms with Gasteiger partial charge < -0.3 is 9.88 Å². The Balaban J connectivity index is 1.70. The van der Waals surface area contributed by atoms with Gasteiger partial charge in [0.15, 0.2) is 0 Å². The molecule has 4 heteroatoms.